The Morgan fingerprint density at radius 1 is 1.28 bits per heavy atom. The lowest BCUT2D eigenvalue weighted by molar-refractivity contribution is 0.252. The first-order valence-corrected chi connectivity index (χ1v) is 6.65. The van der Waals surface area contributed by atoms with Crippen molar-refractivity contribution >= 4 is 11.7 Å². The van der Waals surface area contributed by atoms with Crippen LogP contribution >= 0.6 is 0 Å². The van der Waals surface area contributed by atoms with Crippen molar-refractivity contribution in [3.8, 4) is 0 Å². The van der Waals surface area contributed by atoms with Gasteiger partial charge in [-0.3, -0.25) is 0 Å². The summed E-state index contributed by atoms with van der Waals surface area (Å²) in [5.74, 6) is 0.657. The van der Waals surface area contributed by atoms with Crippen LogP contribution in [-0.2, 0) is 0 Å². The van der Waals surface area contributed by atoms with Gasteiger partial charge in [-0.25, -0.2) is 4.79 Å². The Morgan fingerprint density at radius 3 is 2.56 bits per heavy atom. The molecule has 2 amide bonds. The summed E-state index contributed by atoms with van der Waals surface area (Å²) in [6.07, 6.45) is 2.40. The molecule has 1 aliphatic heterocycles. The Hall–Kier alpha value is -1.55. The Kier molecular flexibility index (Phi) is 4.59. The van der Waals surface area contributed by atoms with Crippen molar-refractivity contribution in [3.05, 3.63) is 29.8 Å². The molecule has 1 saturated heterocycles. The van der Waals surface area contributed by atoms with Gasteiger partial charge < -0.3 is 16.0 Å². The van der Waals surface area contributed by atoms with Crippen molar-refractivity contribution in [2.24, 2.45) is 0 Å². The van der Waals surface area contributed by atoms with Crippen LogP contribution in [0.15, 0.2) is 24.3 Å². The molecule has 0 bridgehead atoms. The van der Waals surface area contributed by atoms with Gasteiger partial charge in [0.1, 0.15) is 0 Å². The molecule has 0 spiro atoms. The molecule has 0 atom stereocenters. The van der Waals surface area contributed by atoms with Crippen LogP contribution < -0.4 is 16.0 Å². The summed E-state index contributed by atoms with van der Waals surface area (Å²) >= 11 is 0. The third-order valence-electron chi connectivity index (χ3n) is 3.32. The first-order valence-electron chi connectivity index (χ1n) is 6.65. The van der Waals surface area contributed by atoms with E-state index in [1.54, 1.807) is 0 Å². The molecule has 0 aliphatic carbocycles. The second-order valence-corrected chi connectivity index (χ2v) is 4.63. The second kappa shape index (κ2) is 6.40. The monoisotopic (exact) mass is 247 g/mol. The van der Waals surface area contributed by atoms with Crippen molar-refractivity contribution in [2.45, 2.75) is 25.7 Å². The van der Waals surface area contributed by atoms with Crippen LogP contribution in [0.1, 0.15) is 31.2 Å². The molecule has 1 fully saturated rings. The Labute approximate surface area is 108 Å². The van der Waals surface area contributed by atoms with Gasteiger partial charge in [-0.1, -0.05) is 12.1 Å². The predicted octanol–water partition coefficient (Wildman–Crippen LogP) is 2.30. The van der Waals surface area contributed by atoms with Crippen LogP contribution in [0.4, 0.5) is 10.5 Å². The van der Waals surface area contributed by atoms with Gasteiger partial charge in [-0.2, -0.15) is 0 Å². The molecule has 98 valence electrons. The normalized spacial score (nSPS) is 16.3. The van der Waals surface area contributed by atoms with Crippen LogP contribution in [0.5, 0.6) is 0 Å². The van der Waals surface area contributed by atoms with Gasteiger partial charge in [0.15, 0.2) is 0 Å². The standard InChI is InChI=1S/C14H21N3O/c1-2-16-14(18)17-13-5-3-11(4-6-13)12-7-9-15-10-8-12/h3-6,12,15H,2,7-10H2,1H3,(H2,16,17,18). The van der Waals surface area contributed by atoms with Crippen LogP contribution in [0.3, 0.4) is 0 Å². The Morgan fingerprint density at radius 2 is 1.94 bits per heavy atom. The summed E-state index contributed by atoms with van der Waals surface area (Å²) in [7, 11) is 0. The number of piperidine rings is 1. The summed E-state index contributed by atoms with van der Waals surface area (Å²) in [6, 6.07) is 8.06. The summed E-state index contributed by atoms with van der Waals surface area (Å²) < 4.78 is 0. The van der Waals surface area contributed by atoms with Gasteiger partial charge in [0.2, 0.25) is 0 Å². The summed E-state index contributed by atoms with van der Waals surface area (Å²) in [6.45, 7) is 4.74. The highest BCUT2D eigenvalue weighted by Crippen LogP contribution is 2.26. The number of amides is 2. The average molecular weight is 247 g/mol. The molecular weight excluding hydrogens is 226 g/mol. The topological polar surface area (TPSA) is 53.2 Å². The van der Waals surface area contributed by atoms with Crippen LogP contribution in [0, 0.1) is 0 Å². The van der Waals surface area contributed by atoms with E-state index < -0.39 is 0 Å². The molecule has 1 aromatic rings. The summed E-state index contributed by atoms with van der Waals surface area (Å²) in [5, 5.41) is 8.89. The largest absolute Gasteiger partial charge is 0.338 e. The van der Waals surface area contributed by atoms with E-state index in [1.165, 1.54) is 18.4 Å². The molecule has 1 aromatic carbocycles. The highest BCUT2D eigenvalue weighted by atomic mass is 16.2. The van der Waals surface area contributed by atoms with E-state index in [4.69, 9.17) is 0 Å². The molecule has 18 heavy (non-hydrogen) atoms. The fourth-order valence-corrected chi connectivity index (χ4v) is 2.33. The molecule has 0 saturated carbocycles. The number of benzene rings is 1. The Bertz CT molecular complexity index is 383. The third kappa shape index (κ3) is 3.47. The number of anilines is 1. The molecular formula is C14H21N3O. The molecule has 3 N–H and O–H groups in total. The smallest absolute Gasteiger partial charge is 0.319 e. The lowest BCUT2D eigenvalue weighted by Gasteiger charge is -2.23. The van der Waals surface area contributed by atoms with Crippen molar-refractivity contribution in [3.63, 3.8) is 0 Å². The van der Waals surface area contributed by atoms with E-state index in [9.17, 15) is 4.79 Å². The van der Waals surface area contributed by atoms with Crippen molar-refractivity contribution in [1.82, 2.24) is 10.6 Å². The number of carbonyl (C=O) groups is 1. The van der Waals surface area contributed by atoms with Gasteiger partial charge in [-0.05, 0) is 56.5 Å². The van der Waals surface area contributed by atoms with E-state index in [0.29, 0.717) is 12.5 Å². The fraction of sp³-hybridized carbons (Fsp3) is 0.500. The highest BCUT2D eigenvalue weighted by Gasteiger charge is 2.14. The van der Waals surface area contributed by atoms with Crippen molar-refractivity contribution in [1.29, 1.82) is 0 Å². The first kappa shape index (κ1) is 12.9. The zero-order valence-corrected chi connectivity index (χ0v) is 10.8. The number of urea groups is 1. The van der Waals surface area contributed by atoms with Crippen molar-refractivity contribution in [2.75, 3.05) is 25.0 Å². The first-order chi connectivity index (χ1) is 8.79. The van der Waals surface area contributed by atoms with Gasteiger partial charge in [-0.15, -0.1) is 0 Å². The fourth-order valence-electron chi connectivity index (χ4n) is 2.33. The Balaban J connectivity index is 1.94. The molecule has 2 rings (SSSR count). The zero-order valence-electron chi connectivity index (χ0n) is 10.8. The number of carbonyl (C=O) groups excluding carboxylic acids is 1. The average Bonchev–Trinajstić information content (AvgIpc) is 2.41. The highest BCUT2D eigenvalue weighted by molar-refractivity contribution is 5.89. The molecule has 0 unspecified atom stereocenters. The minimum Gasteiger partial charge on any atom is -0.338 e. The number of rotatable bonds is 3. The van der Waals surface area contributed by atoms with Gasteiger partial charge in [0.25, 0.3) is 0 Å². The SMILES string of the molecule is CCNC(=O)Nc1ccc(C2CCNCC2)cc1. The summed E-state index contributed by atoms with van der Waals surface area (Å²) in [5.41, 5.74) is 2.22. The van der Waals surface area contributed by atoms with Gasteiger partial charge in [0.05, 0.1) is 0 Å². The molecule has 0 radical (unpaired) electrons. The predicted molar refractivity (Wildman–Crippen MR) is 74.0 cm³/mol. The molecule has 4 nitrogen and oxygen atoms in total. The molecule has 0 aromatic heterocycles. The number of hydrogen-bond donors (Lipinski definition) is 3. The van der Waals surface area contributed by atoms with E-state index in [-0.39, 0.29) is 6.03 Å². The maximum absolute atomic E-state index is 11.4. The van der Waals surface area contributed by atoms with E-state index in [2.05, 4.69) is 28.1 Å². The third-order valence-corrected chi connectivity index (χ3v) is 3.32. The van der Waals surface area contributed by atoms with Crippen LogP contribution in [0.2, 0.25) is 0 Å². The zero-order chi connectivity index (χ0) is 12.8. The second-order valence-electron chi connectivity index (χ2n) is 4.63. The lowest BCUT2D eigenvalue weighted by atomic mass is 9.90. The minimum absolute atomic E-state index is 0.146. The maximum atomic E-state index is 11.4. The number of hydrogen-bond acceptors (Lipinski definition) is 2. The molecule has 1 heterocycles. The van der Waals surface area contributed by atoms with Gasteiger partial charge >= 0.3 is 6.03 Å². The van der Waals surface area contributed by atoms with Crippen molar-refractivity contribution < 1.29 is 4.79 Å². The van der Waals surface area contributed by atoms with E-state index in [0.717, 1.165) is 18.8 Å². The lowest BCUT2D eigenvalue weighted by Crippen LogP contribution is -2.28. The minimum atomic E-state index is -0.146. The molecule has 4 heteroatoms. The van der Waals surface area contributed by atoms with Crippen LogP contribution in [0.25, 0.3) is 0 Å². The van der Waals surface area contributed by atoms with E-state index >= 15 is 0 Å². The molecule has 1 aliphatic rings. The maximum Gasteiger partial charge on any atom is 0.319 e. The van der Waals surface area contributed by atoms with Gasteiger partial charge in [0, 0.05) is 12.2 Å². The quantitative estimate of drug-likeness (QED) is 0.767. The summed E-state index contributed by atoms with van der Waals surface area (Å²) in [4.78, 5) is 11.4. The number of nitrogens with one attached hydrogen (secondary N) is 3. The van der Waals surface area contributed by atoms with E-state index in [1.807, 2.05) is 19.1 Å². The van der Waals surface area contributed by atoms with Crippen LogP contribution in [-0.4, -0.2) is 25.7 Å².